The van der Waals surface area contributed by atoms with E-state index in [9.17, 15) is 9.50 Å². The molecule has 18 heavy (non-hydrogen) atoms. The van der Waals surface area contributed by atoms with Gasteiger partial charge in [0.1, 0.15) is 5.82 Å². The lowest BCUT2D eigenvalue weighted by molar-refractivity contribution is 0.177. The van der Waals surface area contributed by atoms with E-state index in [4.69, 9.17) is 0 Å². The number of halogens is 1. The van der Waals surface area contributed by atoms with E-state index in [0.717, 1.165) is 22.3 Å². The number of rotatable bonds is 3. The van der Waals surface area contributed by atoms with Crippen molar-refractivity contribution in [2.75, 3.05) is 0 Å². The second-order valence-electron chi connectivity index (χ2n) is 4.65. The van der Waals surface area contributed by atoms with Crippen molar-refractivity contribution in [1.29, 1.82) is 0 Å². The molecule has 0 spiro atoms. The van der Waals surface area contributed by atoms with Crippen LogP contribution in [0.25, 0.3) is 0 Å². The molecule has 2 rings (SSSR count). The molecule has 0 aliphatic heterocycles. The summed E-state index contributed by atoms with van der Waals surface area (Å²) < 4.78 is 13.2. The fourth-order valence-electron chi connectivity index (χ4n) is 2.14. The summed E-state index contributed by atoms with van der Waals surface area (Å²) in [7, 11) is 0. The lowest BCUT2D eigenvalue weighted by atomic mass is 9.95. The van der Waals surface area contributed by atoms with E-state index < -0.39 is 6.10 Å². The number of aliphatic hydroxyl groups excluding tert-OH is 1. The molecule has 0 saturated heterocycles. The molecule has 94 valence electrons. The number of aliphatic hydroxyl groups is 1. The Morgan fingerprint density at radius 1 is 1.06 bits per heavy atom. The van der Waals surface area contributed by atoms with Gasteiger partial charge in [0.2, 0.25) is 0 Å². The van der Waals surface area contributed by atoms with Gasteiger partial charge in [0.15, 0.2) is 0 Å². The molecule has 1 atom stereocenters. The van der Waals surface area contributed by atoms with Crippen LogP contribution in [0, 0.1) is 19.7 Å². The van der Waals surface area contributed by atoms with Crippen LogP contribution >= 0.6 is 0 Å². The molecule has 0 heterocycles. The van der Waals surface area contributed by atoms with Gasteiger partial charge >= 0.3 is 0 Å². The van der Waals surface area contributed by atoms with Crippen LogP contribution in [0.4, 0.5) is 4.39 Å². The van der Waals surface area contributed by atoms with E-state index in [0.29, 0.717) is 6.42 Å². The van der Waals surface area contributed by atoms with Crippen molar-refractivity contribution in [3.05, 3.63) is 70.5 Å². The lowest BCUT2D eigenvalue weighted by Crippen LogP contribution is -2.05. The third-order valence-electron chi connectivity index (χ3n) is 3.27. The fraction of sp³-hybridized carbons (Fsp3) is 0.250. The van der Waals surface area contributed by atoms with Crippen LogP contribution in [0.1, 0.15) is 28.4 Å². The Hall–Kier alpha value is -1.67. The minimum atomic E-state index is -0.591. The maximum Gasteiger partial charge on any atom is 0.123 e. The van der Waals surface area contributed by atoms with Crippen LogP contribution < -0.4 is 0 Å². The van der Waals surface area contributed by atoms with Crippen LogP contribution in [0.5, 0.6) is 0 Å². The highest BCUT2D eigenvalue weighted by molar-refractivity contribution is 5.32. The molecule has 0 amide bonds. The molecule has 1 unspecified atom stereocenters. The molecule has 2 heteroatoms. The van der Waals surface area contributed by atoms with Crippen LogP contribution in [-0.2, 0) is 6.42 Å². The molecule has 0 radical (unpaired) electrons. The fourth-order valence-corrected chi connectivity index (χ4v) is 2.14. The predicted octanol–water partition coefficient (Wildman–Crippen LogP) is 3.72. The van der Waals surface area contributed by atoms with E-state index in [1.807, 2.05) is 38.1 Å². The van der Waals surface area contributed by atoms with E-state index in [-0.39, 0.29) is 5.82 Å². The molecule has 0 fully saturated rings. The first-order valence-corrected chi connectivity index (χ1v) is 6.06. The highest BCUT2D eigenvalue weighted by Gasteiger charge is 2.12. The van der Waals surface area contributed by atoms with Crippen molar-refractivity contribution in [3.63, 3.8) is 0 Å². The van der Waals surface area contributed by atoms with Gasteiger partial charge in [-0.05, 0) is 48.2 Å². The maximum atomic E-state index is 13.2. The summed E-state index contributed by atoms with van der Waals surface area (Å²) >= 11 is 0. The molecule has 0 bridgehead atoms. The topological polar surface area (TPSA) is 20.2 Å². The molecule has 1 nitrogen and oxygen atoms in total. The van der Waals surface area contributed by atoms with E-state index in [1.54, 1.807) is 6.07 Å². The van der Waals surface area contributed by atoms with Crippen molar-refractivity contribution in [3.8, 4) is 0 Å². The first kappa shape index (κ1) is 12.8. The number of aryl methyl sites for hydroxylation is 2. The largest absolute Gasteiger partial charge is 0.388 e. The SMILES string of the molecule is Cc1ccc(F)cc1CC(O)c1ccccc1C. The van der Waals surface area contributed by atoms with Crippen molar-refractivity contribution in [2.45, 2.75) is 26.4 Å². The number of hydrogen-bond acceptors (Lipinski definition) is 1. The van der Waals surface area contributed by atoms with Crippen LogP contribution in [-0.4, -0.2) is 5.11 Å². The second-order valence-corrected chi connectivity index (χ2v) is 4.65. The Bertz CT molecular complexity index is 549. The third-order valence-corrected chi connectivity index (χ3v) is 3.27. The summed E-state index contributed by atoms with van der Waals surface area (Å²) in [5.41, 5.74) is 3.81. The summed E-state index contributed by atoms with van der Waals surface area (Å²) in [4.78, 5) is 0. The van der Waals surface area contributed by atoms with Gasteiger partial charge in [0.05, 0.1) is 6.10 Å². The summed E-state index contributed by atoms with van der Waals surface area (Å²) in [6, 6.07) is 12.4. The van der Waals surface area contributed by atoms with E-state index >= 15 is 0 Å². The standard InChI is InChI=1S/C16H17FO/c1-11-7-8-14(17)9-13(11)10-16(18)15-6-4-3-5-12(15)2/h3-9,16,18H,10H2,1-2H3. The van der Waals surface area contributed by atoms with Gasteiger partial charge in [-0.15, -0.1) is 0 Å². The summed E-state index contributed by atoms with van der Waals surface area (Å²) in [5.74, 6) is -0.257. The zero-order valence-electron chi connectivity index (χ0n) is 10.7. The van der Waals surface area contributed by atoms with Crippen molar-refractivity contribution < 1.29 is 9.50 Å². The van der Waals surface area contributed by atoms with Gasteiger partial charge in [-0.3, -0.25) is 0 Å². The summed E-state index contributed by atoms with van der Waals surface area (Å²) in [6.07, 6.45) is -0.152. The third kappa shape index (κ3) is 2.77. The predicted molar refractivity (Wildman–Crippen MR) is 71.0 cm³/mol. The second kappa shape index (κ2) is 5.32. The number of hydrogen-bond donors (Lipinski definition) is 1. The van der Waals surface area contributed by atoms with Gasteiger partial charge < -0.3 is 5.11 Å². The highest BCUT2D eigenvalue weighted by atomic mass is 19.1. The summed E-state index contributed by atoms with van der Waals surface area (Å²) in [5, 5.41) is 10.2. The van der Waals surface area contributed by atoms with Crippen LogP contribution in [0.3, 0.4) is 0 Å². The zero-order chi connectivity index (χ0) is 13.1. The molecular formula is C16H17FO. The minimum absolute atomic E-state index is 0.257. The Balaban J connectivity index is 2.24. The average molecular weight is 244 g/mol. The molecule has 0 saturated carbocycles. The van der Waals surface area contributed by atoms with Crippen LogP contribution in [0.2, 0.25) is 0 Å². The van der Waals surface area contributed by atoms with Gasteiger partial charge in [-0.1, -0.05) is 30.3 Å². The Morgan fingerprint density at radius 2 is 1.78 bits per heavy atom. The van der Waals surface area contributed by atoms with Crippen molar-refractivity contribution >= 4 is 0 Å². The summed E-state index contributed by atoms with van der Waals surface area (Å²) in [6.45, 7) is 3.90. The highest BCUT2D eigenvalue weighted by Crippen LogP contribution is 2.23. The Morgan fingerprint density at radius 3 is 2.50 bits per heavy atom. The average Bonchev–Trinajstić information content (AvgIpc) is 2.34. The van der Waals surface area contributed by atoms with E-state index in [2.05, 4.69) is 0 Å². The van der Waals surface area contributed by atoms with Crippen molar-refractivity contribution in [1.82, 2.24) is 0 Å². The molecular weight excluding hydrogens is 227 g/mol. The molecule has 0 aliphatic rings. The van der Waals surface area contributed by atoms with E-state index in [1.165, 1.54) is 12.1 Å². The first-order valence-electron chi connectivity index (χ1n) is 6.06. The molecule has 2 aromatic carbocycles. The normalized spacial score (nSPS) is 12.4. The zero-order valence-corrected chi connectivity index (χ0v) is 10.7. The molecule has 0 aromatic heterocycles. The molecule has 2 aromatic rings. The first-order chi connectivity index (χ1) is 8.58. The van der Waals surface area contributed by atoms with Gasteiger partial charge in [-0.25, -0.2) is 4.39 Å². The van der Waals surface area contributed by atoms with Gasteiger partial charge in [0, 0.05) is 6.42 Å². The Labute approximate surface area is 107 Å². The smallest absolute Gasteiger partial charge is 0.123 e. The monoisotopic (exact) mass is 244 g/mol. The minimum Gasteiger partial charge on any atom is -0.388 e. The van der Waals surface area contributed by atoms with Gasteiger partial charge in [-0.2, -0.15) is 0 Å². The Kier molecular flexibility index (Phi) is 3.78. The lowest BCUT2D eigenvalue weighted by Gasteiger charge is -2.15. The molecule has 1 N–H and O–H groups in total. The molecule has 0 aliphatic carbocycles. The van der Waals surface area contributed by atoms with Crippen molar-refractivity contribution in [2.24, 2.45) is 0 Å². The quantitative estimate of drug-likeness (QED) is 0.872. The maximum absolute atomic E-state index is 13.2. The number of benzene rings is 2. The van der Waals surface area contributed by atoms with Gasteiger partial charge in [0.25, 0.3) is 0 Å². The van der Waals surface area contributed by atoms with Crippen LogP contribution in [0.15, 0.2) is 42.5 Å².